The predicted molar refractivity (Wildman–Crippen MR) is 104 cm³/mol. The monoisotopic (exact) mass is 398 g/mol. The first-order valence-electron chi connectivity index (χ1n) is 8.22. The molecule has 27 heavy (non-hydrogen) atoms. The Hall–Kier alpha value is -2.78. The lowest BCUT2D eigenvalue weighted by molar-refractivity contribution is 0.0718. The van der Waals surface area contributed by atoms with Gasteiger partial charge in [-0.15, -0.1) is 16.9 Å². The molecule has 0 unspecified atom stereocenters. The lowest BCUT2D eigenvalue weighted by atomic mass is 10.2. The van der Waals surface area contributed by atoms with Crippen LogP contribution in [0.5, 0.6) is 11.5 Å². The van der Waals surface area contributed by atoms with Crippen LogP contribution in [-0.4, -0.2) is 28.0 Å². The molecule has 3 heterocycles. The molecular formula is C18H14N4O3S2. The molecule has 1 atom stereocenters. The van der Waals surface area contributed by atoms with E-state index in [0.717, 1.165) is 10.2 Å². The van der Waals surface area contributed by atoms with E-state index in [1.54, 1.807) is 11.8 Å². The number of anilines is 2. The zero-order valence-corrected chi connectivity index (χ0v) is 15.8. The number of nitrogens with one attached hydrogen (secondary N) is 1. The van der Waals surface area contributed by atoms with Gasteiger partial charge in [0.25, 0.3) is 5.89 Å². The van der Waals surface area contributed by atoms with Crippen molar-refractivity contribution < 1.29 is 13.9 Å². The number of hydrogen-bond acceptors (Lipinski definition) is 9. The lowest BCUT2D eigenvalue weighted by Crippen LogP contribution is -2.21. The topological polar surface area (TPSA) is 82.3 Å². The zero-order valence-electron chi connectivity index (χ0n) is 14.2. The maximum absolute atomic E-state index is 5.89. The normalized spacial score (nSPS) is 15.8. The summed E-state index contributed by atoms with van der Waals surface area (Å²) in [5, 5.41) is 11.9. The molecule has 1 aliphatic heterocycles. The molecule has 2 aromatic carbocycles. The van der Waals surface area contributed by atoms with Crippen molar-refractivity contribution in [3.8, 4) is 11.5 Å². The molecule has 0 radical (unpaired) electrons. The first-order valence-corrected chi connectivity index (χ1v) is 10.3. The summed E-state index contributed by atoms with van der Waals surface area (Å²) in [5.74, 6) is 1.74. The molecule has 4 aromatic rings. The number of benzene rings is 2. The minimum atomic E-state index is -0.442. The zero-order chi connectivity index (χ0) is 18.2. The van der Waals surface area contributed by atoms with Gasteiger partial charge < -0.3 is 13.9 Å². The van der Waals surface area contributed by atoms with Crippen molar-refractivity contribution in [3.63, 3.8) is 0 Å². The Morgan fingerprint density at radius 3 is 2.93 bits per heavy atom. The largest absolute Gasteiger partial charge is 0.485 e. The van der Waals surface area contributed by atoms with Crippen LogP contribution < -0.4 is 14.8 Å². The molecule has 136 valence electrons. The van der Waals surface area contributed by atoms with Gasteiger partial charge >= 0.3 is 6.01 Å². The van der Waals surface area contributed by atoms with Gasteiger partial charge in [0.15, 0.2) is 16.6 Å². The Morgan fingerprint density at radius 2 is 2.04 bits per heavy atom. The van der Waals surface area contributed by atoms with E-state index in [9.17, 15) is 0 Å². The van der Waals surface area contributed by atoms with Crippen LogP contribution in [0.4, 0.5) is 11.1 Å². The highest BCUT2D eigenvalue weighted by Gasteiger charge is 2.27. The third-order valence-electron chi connectivity index (χ3n) is 4.03. The molecule has 1 aliphatic rings. The molecule has 0 saturated heterocycles. The molecule has 0 saturated carbocycles. The SMILES string of the molecule is CSc1ccc2nc(Nc3nnc([C@H]4COc5ccccc5O4)o3)sc2c1. The average molecular weight is 398 g/mol. The average Bonchev–Trinajstić information content (AvgIpc) is 3.33. The molecule has 7 nitrogen and oxygen atoms in total. The van der Waals surface area contributed by atoms with Crippen LogP contribution in [0.15, 0.2) is 51.8 Å². The number of rotatable bonds is 4. The van der Waals surface area contributed by atoms with Gasteiger partial charge in [-0.2, -0.15) is 0 Å². The van der Waals surface area contributed by atoms with Crippen molar-refractivity contribution in [2.75, 3.05) is 18.2 Å². The molecule has 1 N–H and O–H groups in total. The van der Waals surface area contributed by atoms with Crippen molar-refractivity contribution in [1.29, 1.82) is 0 Å². The quantitative estimate of drug-likeness (QED) is 0.497. The molecule has 0 aliphatic carbocycles. The summed E-state index contributed by atoms with van der Waals surface area (Å²) in [6, 6.07) is 14.0. The van der Waals surface area contributed by atoms with Gasteiger partial charge in [0.2, 0.25) is 6.10 Å². The van der Waals surface area contributed by atoms with Crippen molar-refractivity contribution in [1.82, 2.24) is 15.2 Å². The Morgan fingerprint density at radius 1 is 1.15 bits per heavy atom. The summed E-state index contributed by atoms with van der Waals surface area (Å²) in [6.07, 6.45) is 1.61. The van der Waals surface area contributed by atoms with E-state index in [-0.39, 0.29) is 6.01 Å². The molecule has 0 fully saturated rings. The predicted octanol–water partition coefficient (Wildman–Crippen LogP) is 4.66. The standard InChI is InChI=1S/C18H14N4O3S2/c1-26-10-6-7-11-15(8-10)27-18(19-11)20-17-22-21-16(25-17)14-9-23-12-4-2-3-5-13(12)24-14/h2-8,14H,9H2,1H3,(H,19,20,22)/t14-/m1/s1. The summed E-state index contributed by atoms with van der Waals surface area (Å²) >= 11 is 3.24. The summed E-state index contributed by atoms with van der Waals surface area (Å²) in [4.78, 5) is 5.75. The second-order valence-corrected chi connectivity index (χ2v) is 7.70. The molecule has 0 bridgehead atoms. The number of ether oxygens (including phenoxy) is 2. The third-order valence-corrected chi connectivity index (χ3v) is 5.69. The van der Waals surface area contributed by atoms with Crippen LogP contribution in [0.25, 0.3) is 10.2 Å². The number of nitrogens with zero attached hydrogens (tertiary/aromatic N) is 3. The van der Waals surface area contributed by atoms with Crippen molar-refractivity contribution in [2.24, 2.45) is 0 Å². The Balaban J connectivity index is 1.34. The van der Waals surface area contributed by atoms with E-state index in [1.807, 2.05) is 30.3 Å². The third kappa shape index (κ3) is 3.19. The van der Waals surface area contributed by atoms with Crippen LogP contribution >= 0.6 is 23.1 Å². The smallest absolute Gasteiger partial charge is 0.322 e. The van der Waals surface area contributed by atoms with Gasteiger partial charge in [-0.25, -0.2) is 4.98 Å². The number of thioether (sulfide) groups is 1. The second-order valence-electron chi connectivity index (χ2n) is 5.79. The van der Waals surface area contributed by atoms with Crippen LogP contribution in [0.2, 0.25) is 0 Å². The van der Waals surface area contributed by atoms with E-state index in [1.165, 1.54) is 16.2 Å². The van der Waals surface area contributed by atoms with Gasteiger partial charge in [0, 0.05) is 4.90 Å². The van der Waals surface area contributed by atoms with Crippen molar-refractivity contribution in [3.05, 3.63) is 48.4 Å². The fraction of sp³-hybridized carbons (Fsp3) is 0.167. The number of hydrogen-bond donors (Lipinski definition) is 1. The molecule has 0 spiro atoms. The first kappa shape index (κ1) is 16.4. The van der Waals surface area contributed by atoms with E-state index in [2.05, 4.69) is 38.9 Å². The lowest BCUT2D eigenvalue weighted by Gasteiger charge is -2.23. The highest BCUT2D eigenvalue weighted by molar-refractivity contribution is 7.98. The summed E-state index contributed by atoms with van der Waals surface area (Å²) in [6.45, 7) is 0.317. The van der Waals surface area contributed by atoms with Crippen LogP contribution in [-0.2, 0) is 0 Å². The molecule has 5 rings (SSSR count). The van der Waals surface area contributed by atoms with Crippen LogP contribution in [0, 0.1) is 0 Å². The van der Waals surface area contributed by atoms with E-state index < -0.39 is 6.10 Å². The van der Waals surface area contributed by atoms with E-state index in [0.29, 0.717) is 29.1 Å². The summed E-state index contributed by atoms with van der Waals surface area (Å²) in [5.41, 5.74) is 0.931. The van der Waals surface area contributed by atoms with Crippen LogP contribution in [0.3, 0.4) is 0 Å². The second kappa shape index (κ2) is 6.75. The number of aromatic nitrogens is 3. The van der Waals surface area contributed by atoms with Crippen LogP contribution in [0.1, 0.15) is 12.0 Å². The maximum Gasteiger partial charge on any atom is 0.322 e. The Kier molecular flexibility index (Phi) is 4.10. The fourth-order valence-corrected chi connectivity index (χ4v) is 4.14. The number of thiazole rings is 1. The van der Waals surface area contributed by atoms with E-state index in [4.69, 9.17) is 13.9 Å². The first-order chi connectivity index (χ1) is 13.3. The van der Waals surface area contributed by atoms with Gasteiger partial charge in [0.1, 0.15) is 6.61 Å². The minimum absolute atomic E-state index is 0.275. The summed E-state index contributed by atoms with van der Waals surface area (Å²) < 4.78 is 18.4. The fourth-order valence-electron chi connectivity index (χ4n) is 2.73. The number of para-hydroxylation sites is 2. The van der Waals surface area contributed by atoms with Gasteiger partial charge in [0.05, 0.1) is 10.2 Å². The Bertz CT molecular complexity index is 1110. The van der Waals surface area contributed by atoms with Crippen molar-refractivity contribution in [2.45, 2.75) is 11.0 Å². The molecule has 2 aromatic heterocycles. The van der Waals surface area contributed by atoms with Gasteiger partial charge in [-0.3, -0.25) is 5.32 Å². The molecular weight excluding hydrogens is 384 g/mol. The van der Waals surface area contributed by atoms with Crippen molar-refractivity contribution >= 4 is 44.5 Å². The maximum atomic E-state index is 5.89. The summed E-state index contributed by atoms with van der Waals surface area (Å²) in [7, 11) is 0. The van der Waals surface area contributed by atoms with Gasteiger partial charge in [-0.05, 0) is 36.6 Å². The molecule has 0 amide bonds. The minimum Gasteiger partial charge on any atom is -0.485 e. The Labute approximate surface area is 162 Å². The number of fused-ring (bicyclic) bond motifs is 2. The molecule has 9 heteroatoms. The highest BCUT2D eigenvalue weighted by Crippen LogP contribution is 2.36. The van der Waals surface area contributed by atoms with E-state index >= 15 is 0 Å². The van der Waals surface area contributed by atoms with Gasteiger partial charge in [-0.1, -0.05) is 28.6 Å². The highest BCUT2D eigenvalue weighted by atomic mass is 32.2.